The number of anilines is 1. The number of rotatable bonds is 6. The minimum Gasteiger partial charge on any atom is -0.444 e. The molecule has 6 nitrogen and oxygen atoms in total. The second kappa shape index (κ2) is 8.63. The molecule has 0 radical (unpaired) electrons. The number of halogens is 1. The molecule has 28 heavy (non-hydrogen) atoms. The first-order chi connectivity index (χ1) is 13.4. The van der Waals surface area contributed by atoms with Gasteiger partial charge in [0.05, 0.1) is 24.7 Å². The van der Waals surface area contributed by atoms with E-state index < -0.39 is 11.5 Å². The van der Waals surface area contributed by atoms with Crippen molar-refractivity contribution < 1.29 is 19.1 Å². The highest BCUT2D eigenvalue weighted by Crippen LogP contribution is 2.28. The number of carbonyl (C=O) groups is 2. The third kappa shape index (κ3) is 5.03. The van der Waals surface area contributed by atoms with Crippen LogP contribution >= 0.6 is 11.6 Å². The molecular weight excluding hydrogens is 380 g/mol. The molecule has 0 aromatic heterocycles. The van der Waals surface area contributed by atoms with Gasteiger partial charge >= 0.3 is 6.09 Å². The maximum atomic E-state index is 12.3. The molecule has 1 unspecified atom stereocenters. The molecule has 0 bridgehead atoms. The molecule has 1 atom stereocenters. The first-order valence-electron chi connectivity index (χ1n) is 9.03. The van der Waals surface area contributed by atoms with Crippen molar-refractivity contribution in [3.05, 3.63) is 64.7 Å². The lowest BCUT2D eigenvalue weighted by Gasteiger charge is -2.37. The molecule has 1 fully saturated rings. The number of hydrogen-bond acceptors (Lipinski definition) is 4. The largest absolute Gasteiger partial charge is 0.444 e. The quantitative estimate of drug-likeness (QED) is 0.755. The maximum Gasteiger partial charge on any atom is 0.411 e. The van der Waals surface area contributed by atoms with Gasteiger partial charge in [0, 0.05) is 10.7 Å². The molecule has 1 aliphatic rings. The number of carbonyl (C=O) groups excluding carboxylic acids is 2. The predicted octanol–water partition coefficient (Wildman–Crippen LogP) is 4.30. The van der Waals surface area contributed by atoms with E-state index >= 15 is 0 Å². The standard InChI is InChI=1S/C21H23ClN2O4/c1-14(23-19(25)21(2)12-27-13-21)16-5-9-18(10-6-16)24-20(26)28-11-15-3-7-17(22)8-4-15/h3-10,14H,11-13H2,1-2H3,(H,23,25)(H,24,26). The second-order valence-corrected chi connectivity index (χ2v) is 7.63. The van der Waals surface area contributed by atoms with Crippen LogP contribution in [-0.2, 0) is 20.9 Å². The molecule has 7 heteroatoms. The smallest absolute Gasteiger partial charge is 0.411 e. The molecule has 2 amide bonds. The third-order valence-electron chi connectivity index (χ3n) is 4.68. The van der Waals surface area contributed by atoms with E-state index in [2.05, 4.69) is 10.6 Å². The zero-order valence-electron chi connectivity index (χ0n) is 15.8. The summed E-state index contributed by atoms with van der Waals surface area (Å²) in [6.45, 7) is 4.87. The van der Waals surface area contributed by atoms with Gasteiger partial charge in [-0.2, -0.15) is 0 Å². The van der Waals surface area contributed by atoms with Crippen molar-refractivity contribution in [2.75, 3.05) is 18.5 Å². The minimum atomic E-state index is -0.540. The molecule has 1 saturated heterocycles. The fourth-order valence-corrected chi connectivity index (χ4v) is 2.86. The summed E-state index contributed by atoms with van der Waals surface area (Å²) in [6.07, 6.45) is -0.540. The first-order valence-corrected chi connectivity index (χ1v) is 9.40. The molecule has 3 rings (SSSR count). The van der Waals surface area contributed by atoms with Crippen molar-refractivity contribution in [3.8, 4) is 0 Å². The lowest BCUT2D eigenvalue weighted by atomic mass is 9.87. The molecule has 0 spiro atoms. The Hall–Kier alpha value is -2.57. The van der Waals surface area contributed by atoms with Gasteiger partial charge in [0.15, 0.2) is 0 Å². The van der Waals surface area contributed by atoms with E-state index in [0.29, 0.717) is 23.9 Å². The van der Waals surface area contributed by atoms with Crippen molar-refractivity contribution in [2.45, 2.75) is 26.5 Å². The average molecular weight is 403 g/mol. The van der Waals surface area contributed by atoms with Gasteiger partial charge in [-0.15, -0.1) is 0 Å². The van der Waals surface area contributed by atoms with Crippen LogP contribution in [-0.4, -0.2) is 25.2 Å². The van der Waals surface area contributed by atoms with Gasteiger partial charge in [0.2, 0.25) is 5.91 Å². The number of amides is 2. The third-order valence-corrected chi connectivity index (χ3v) is 4.93. The molecule has 0 saturated carbocycles. The predicted molar refractivity (Wildman–Crippen MR) is 107 cm³/mol. The van der Waals surface area contributed by atoms with Crippen molar-refractivity contribution in [3.63, 3.8) is 0 Å². The van der Waals surface area contributed by atoms with Crippen LogP contribution in [0.1, 0.15) is 31.0 Å². The maximum absolute atomic E-state index is 12.3. The monoisotopic (exact) mass is 402 g/mol. The lowest BCUT2D eigenvalue weighted by Crippen LogP contribution is -2.52. The highest BCUT2D eigenvalue weighted by molar-refractivity contribution is 6.30. The minimum absolute atomic E-state index is 0.0146. The summed E-state index contributed by atoms with van der Waals surface area (Å²) in [5, 5.41) is 6.32. The van der Waals surface area contributed by atoms with E-state index in [1.807, 2.05) is 26.0 Å². The Morgan fingerprint density at radius 3 is 2.36 bits per heavy atom. The van der Waals surface area contributed by atoms with E-state index in [1.54, 1.807) is 36.4 Å². The van der Waals surface area contributed by atoms with E-state index in [0.717, 1.165) is 11.1 Å². The summed E-state index contributed by atoms with van der Waals surface area (Å²) in [7, 11) is 0. The van der Waals surface area contributed by atoms with Crippen LogP contribution < -0.4 is 10.6 Å². The summed E-state index contributed by atoms with van der Waals surface area (Å²) in [5.41, 5.74) is 1.97. The Labute approximate surface area is 169 Å². The Bertz CT molecular complexity index is 832. The highest BCUT2D eigenvalue weighted by Gasteiger charge is 2.41. The van der Waals surface area contributed by atoms with Gasteiger partial charge in [0.1, 0.15) is 6.61 Å². The Kier molecular flexibility index (Phi) is 6.21. The van der Waals surface area contributed by atoms with E-state index in [1.165, 1.54) is 0 Å². The molecule has 0 aliphatic carbocycles. The lowest BCUT2D eigenvalue weighted by molar-refractivity contribution is -0.158. The summed E-state index contributed by atoms with van der Waals surface area (Å²) >= 11 is 5.83. The first kappa shape index (κ1) is 20.2. The van der Waals surface area contributed by atoms with Gasteiger partial charge < -0.3 is 14.8 Å². The van der Waals surface area contributed by atoms with E-state index in [4.69, 9.17) is 21.1 Å². The van der Waals surface area contributed by atoms with Crippen LogP contribution in [0.15, 0.2) is 48.5 Å². The van der Waals surface area contributed by atoms with Gasteiger partial charge in [0.25, 0.3) is 0 Å². The topological polar surface area (TPSA) is 76.7 Å². The normalized spacial score (nSPS) is 15.8. The fraction of sp³-hybridized carbons (Fsp3) is 0.333. The Morgan fingerprint density at radius 1 is 1.14 bits per heavy atom. The van der Waals surface area contributed by atoms with Gasteiger partial charge in [-0.3, -0.25) is 10.1 Å². The van der Waals surface area contributed by atoms with Crippen LogP contribution in [0, 0.1) is 5.41 Å². The zero-order valence-corrected chi connectivity index (χ0v) is 16.6. The number of ether oxygens (including phenoxy) is 2. The molecule has 1 heterocycles. The number of benzene rings is 2. The summed E-state index contributed by atoms with van der Waals surface area (Å²) in [5.74, 6) is -0.0146. The van der Waals surface area contributed by atoms with Gasteiger partial charge in [-0.05, 0) is 49.2 Å². The van der Waals surface area contributed by atoms with Crippen LogP contribution in [0.5, 0.6) is 0 Å². The summed E-state index contributed by atoms with van der Waals surface area (Å²) in [4.78, 5) is 24.2. The molecule has 2 aromatic rings. The van der Waals surface area contributed by atoms with Crippen molar-refractivity contribution >= 4 is 29.3 Å². The van der Waals surface area contributed by atoms with Crippen LogP contribution in [0.25, 0.3) is 0 Å². The second-order valence-electron chi connectivity index (χ2n) is 7.20. The number of nitrogens with one attached hydrogen (secondary N) is 2. The fourth-order valence-electron chi connectivity index (χ4n) is 2.73. The van der Waals surface area contributed by atoms with Crippen molar-refractivity contribution in [2.24, 2.45) is 5.41 Å². The zero-order chi connectivity index (χ0) is 20.1. The Balaban J connectivity index is 1.48. The molecule has 2 aromatic carbocycles. The summed E-state index contributed by atoms with van der Waals surface area (Å²) < 4.78 is 10.3. The van der Waals surface area contributed by atoms with Crippen molar-refractivity contribution in [1.82, 2.24) is 5.32 Å². The SMILES string of the molecule is CC(NC(=O)C1(C)COC1)c1ccc(NC(=O)OCc2ccc(Cl)cc2)cc1. The molecular formula is C21H23ClN2O4. The van der Waals surface area contributed by atoms with E-state index in [-0.39, 0.29) is 18.6 Å². The average Bonchev–Trinajstić information content (AvgIpc) is 2.66. The van der Waals surface area contributed by atoms with Crippen LogP contribution in [0.3, 0.4) is 0 Å². The van der Waals surface area contributed by atoms with E-state index in [9.17, 15) is 9.59 Å². The van der Waals surface area contributed by atoms with Gasteiger partial charge in [-0.1, -0.05) is 35.9 Å². The molecule has 148 valence electrons. The summed E-state index contributed by atoms with van der Waals surface area (Å²) in [6, 6.07) is 14.2. The molecule has 1 aliphatic heterocycles. The highest BCUT2D eigenvalue weighted by atomic mass is 35.5. The van der Waals surface area contributed by atoms with Crippen LogP contribution in [0.2, 0.25) is 5.02 Å². The van der Waals surface area contributed by atoms with Crippen molar-refractivity contribution in [1.29, 1.82) is 0 Å². The van der Waals surface area contributed by atoms with Crippen LogP contribution in [0.4, 0.5) is 10.5 Å². The number of hydrogen-bond donors (Lipinski definition) is 2. The molecule has 2 N–H and O–H groups in total. The van der Waals surface area contributed by atoms with Gasteiger partial charge in [-0.25, -0.2) is 4.79 Å². The Morgan fingerprint density at radius 2 is 1.79 bits per heavy atom.